The Labute approximate surface area is 204 Å². The minimum absolute atomic E-state index is 0.137. The van der Waals surface area contributed by atoms with Crippen molar-refractivity contribution in [2.24, 2.45) is 0 Å². The fourth-order valence-corrected chi connectivity index (χ4v) is 4.38. The number of hydrogen-bond acceptors (Lipinski definition) is 3. The summed E-state index contributed by atoms with van der Waals surface area (Å²) in [5.41, 5.74) is 0.753. The Hall–Kier alpha value is -2.31. The molecular weight excluding hydrogens is 466 g/mol. The van der Waals surface area contributed by atoms with Crippen LogP contribution in [0.5, 0.6) is 5.75 Å². The summed E-state index contributed by atoms with van der Waals surface area (Å²) >= 11 is 12.2. The van der Waals surface area contributed by atoms with Crippen molar-refractivity contribution in [3.63, 3.8) is 0 Å². The number of carbonyl (C=O) groups is 2. The van der Waals surface area contributed by atoms with Crippen molar-refractivity contribution < 1.29 is 18.7 Å². The van der Waals surface area contributed by atoms with Crippen molar-refractivity contribution in [2.75, 3.05) is 6.61 Å². The van der Waals surface area contributed by atoms with Gasteiger partial charge in [-0.25, -0.2) is 4.39 Å². The van der Waals surface area contributed by atoms with Gasteiger partial charge in [0.05, 0.1) is 10.0 Å². The molecule has 1 aliphatic rings. The molecule has 33 heavy (non-hydrogen) atoms. The summed E-state index contributed by atoms with van der Waals surface area (Å²) in [6.07, 6.45) is 5.74. The first-order valence-electron chi connectivity index (χ1n) is 11.3. The Balaban J connectivity index is 1.77. The Morgan fingerprint density at radius 1 is 1.09 bits per heavy atom. The number of hydrogen-bond donors (Lipinski definition) is 1. The standard InChI is InChI=1S/C25H29Cl2FN2O3/c1-2-23(25(32)29-19-6-4-3-5-7-19)30(15-17-8-13-21(26)22(27)14-17)24(31)16-33-20-11-9-18(28)10-12-20/h8-14,19,23H,2-7,15-16H2,1H3,(H,29,32)/t23-/m0/s1. The zero-order chi connectivity index (χ0) is 23.8. The molecule has 0 unspecified atom stereocenters. The quantitative estimate of drug-likeness (QED) is 0.481. The largest absolute Gasteiger partial charge is 0.484 e. The van der Waals surface area contributed by atoms with Gasteiger partial charge in [-0.15, -0.1) is 0 Å². The summed E-state index contributed by atoms with van der Waals surface area (Å²) in [6, 6.07) is 10.1. The third-order valence-corrected chi connectivity index (χ3v) is 6.59. The van der Waals surface area contributed by atoms with Crippen LogP contribution in [0.3, 0.4) is 0 Å². The predicted octanol–water partition coefficient (Wildman–Crippen LogP) is 5.77. The molecule has 1 fully saturated rings. The van der Waals surface area contributed by atoms with Crippen LogP contribution in [0.2, 0.25) is 10.0 Å². The van der Waals surface area contributed by atoms with E-state index in [9.17, 15) is 14.0 Å². The zero-order valence-corrected chi connectivity index (χ0v) is 20.2. The van der Waals surface area contributed by atoms with E-state index < -0.39 is 6.04 Å². The molecule has 1 N–H and O–H groups in total. The molecule has 8 heteroatoms. The molecule has 0 radical (unpaired) electrons. The first-order valence-corrected chi connectivity index (χ1v) is 12.0. The lowest BCUT2D eigenvalue weighted by molar-refractivity contribution is -0.143. The first-order chi connectivity index (χ1) is 15.9. The number of nitrogens with zero attached hydrogens (tertiary/aromatic N) is 1. The number of carbonyl (C=O) groups excluding carboxylic acids is 2. The fraction of sp³-hybridized carbons (Fsp3) is 0.440. The van der Waals surface area contributed by atoms with Crippen molar-refractivity contribution >= 4 is 35.0 Å². The first kappa shape index (κ1) is 25.3. The molecule has 178 valence electrons. The van der Waals surface area contributed by atoms with Crippen LogP contribution >= 0.6 is 23.2 Å². The number of benzene rings is 2. The van der Waals surface area contributed by atoms with Gasteiger partial charge >= 0.3 is 0 Å². The van der Waals surface area contributed by atoms with E-state index in [-0.39, 0.29) is 36.8 Å². The van der Waals surface area contributed by atoms with E-state index in [1.54, 1.807) is 18.2 Å². The third kappa shape index (κ3) is 7.34. The van der Waals surface area contributed by atoms with Crippen LogP contribution in [0.15, 0.2) is 42.5 Å². The summed E-state index contributed by atoms with van der Waals surface area (Å²) in [4.78, 5) is 27.9. The van der Waals surface area contributed by atoms with Gasteiger partial charge in [-0.3, -0.25) is 9.59 Å². The number of halogens is 3. The minimum atomic E-state index is -0.661. The monoisotopic (exact) mass is 494 g/mol. The van der Waals surface area contributed by atoms with Gasteiger partial charge in [0.15, 0.2) is 6.61 Å². The zero-order valence-electron chi connectivity index (χ0n) is 18.7. The Bertz CT molecular complexity index is 949. The average molecular weight is 495 g/mol. The van der Waals surface area contributed by atoms with E-state index in [1.807, 2.05) is 6.92 Å². The molecule has 3 rings (SSSR count). The van der Waals surface area contributed by atoms with Gasteiger partial charge < -0.3 is 15.0 Å². The van der Waals surface area contributed by atoms with Crippen molar-refractivity contribution in [1.29, 1.82) is 0 Å². The van der Waals surface area contributed by atoms with Crippen LogP contribution < -0.4 is 10.1 Å². The molecule has 1 saturated carbocycles. The summed E-state index contributed by atoms with van der Waals surface area (Å²) in [6.45, 7) is 1.78. The summed E-state index contributed by atoms with van der Waals surface area (Å²) in [7, 11) is 0. The number of nitrogens with one attached hydrogen (secondary N) is 1. The van der Waals surface area contributed by atoms with E-state index in [2.05, 4.69) is 5.32 Å². The van der Waals surface area contributed by atoms with Gasteiger partial charge in [-0.05, 0) is 61.2 Å². The second kappa shape index (κ2) is 12.2. The van der Waals surface area contributed by atoms with E-state index in [4.69, 9.17) is 27.9 Å². The van der Waals surface area contributed by atoms with Crippen LogP contribution in [-0.4, -0.2) is 35.4 Å². The smallest absolute Gasteiger partial charge is 0.261 e. The highest BCUT2D eigenvalue weighted by atomic mass is 35.5. The summed E-state index contributed by atoms with van der Waals surface area (Å²) < 4.78 is 18.7. The molecule has 1 aliphatic carbocycles. The molecule has 0 saturated heterocycles. The van der Waals surface area contributed by atoms with Crippen molar-refractivity contribution in [1.82, 2.24) is 10.2 Å². The van der Waals surface area contributed by atoms with E-state index >= 15 is 0 Å². The van der Waals surface area contributed by atoms with E-state index in [0.29, 0.717) is 22.2 Å². The van der Waals surface area contributed by atoms with Crippen LogP contribution in [0.25, 0.3) is 0 Å². The highest BCUT2D eigenvalue weighted by Gasteiger charge is 2.30. The molecule has 0 spiro atoms. The highest BCUT2D eigenvalue weighted by molar-refractivity contribution is 6.42. The Kier molecular flexibility index (Phi) is 9.39. The summed E-state index contributed by atoms with van der Waals surface area (Å²) in [5.74, 6) is -0.532. The van der Waals surface area contributed by atoms with Gasteiger partial charge in [0.1, 0.15) is 17.6 Å². The minimum Gasteiger partial charge on any atom is -0.484 e. The lowest BCUT2D eigenvalue weighted by Gasteiger charge is -2.32. The molecule has 0 heterocycles. The molecular formula is C25H29Cl2FN2O3. The fourth-order valence-electron chi connectivity index (χ4n) is 4.06. The highest BCUT2D eigenvalue weighted by Crippen LogP contribution is 2.24. The second-order valence-corrected chi connectivity index (χ2v) is 9.09. The summed E-state index contributed by atoms with van der Waals surface area (Å²) in [5, 5.41) is 3.92. The Morgan fingerprint density at radius 3 is 2.42 bits per heavy atom. The van der Waals surface area contributed by atoms with E-state index in [1.165, 1.54) is 35.6 Å². The molecule has 2 amide bonds. The molecule has 5 nitrogen and oxygen atoms in total. The third-order valence-electron chi connectivity index (χ3n) is 5.85. The maximum atomic E-state index is 13.2. The van der Waals surface area contributed by atoms with Crippen LogP contribution in [-0.2, 0) is 16.1 Å². The van der Waals surface area contributed by atoms with Gasteiger partial charge in [0.2, 0.25) is 5.91 Å². The molecule has 0 aliphatic heterocycles. The van der Waals surface area contributed by atoms with Gasteiger partial charge in [0.25, 0.3) is 5.91 Å². The predicted molar refractivity (Wildman–Crippen MR) is 128 cm³/mol. The van der Waals surface area contributed by atoms with Crippen molar-refractivity contribution in [3.05, 3.63) is 63.9 Å². The van der Waals surface area contributed by atoms with E-state index in [0.717, 1.165) is 31.2 Å². The van der Waals surface area contributed by atoms with Gasteiger partial charge in [-0.1, -0.05) is 55.5 Å². The molecule has 0 aromatic heterocycles. The average Bonchev–Trinajstić information content (AvgIpc) is 2.81. The lowest BCUT2D eigenvalue weighted by atomic mass is 9.95. The number of amides is 2. The lowest BCUT2D eigenvalue weighted by Crippen LogP contribution is -2.52. The normalized spacial score (nSPS) is 15.0. The maximum absolute atomic E-state index is 13.2. The molecule has 0 bridgehead atoms. The van der Waals surface area contributed by atoms with Crippen LogP contribution in [0, 0.1) is 5.82 Å². The van der Waals surface area contributed by atoms with Gasteiger partial charge in [-0.2, -0.15) is 0 Å². The van der Waals surface area contributed by atoms with Crippen LogP contribution in [0.1, 0.15) is 51.0 Å². The van der Waals surface area contributed by atoms with Gasteiger partial charge in [0, 0.05) is 12.6 Å². The molecule has 2 aromatic carbocycles. The molecule has 2 aromatic rings. The van der Waals surface area contributed by atoms with Crippen LogP contribution in [0.4, 0.5) is 4.39 Å². The van der Waals surface area contributed by atoms with Crippen molar-refractivity contribution in [3.8, 4) is 5.75 Å². The topological polar surface area (TPSA) is 58.6 Å². The Morgan fingerprint density at radius 2 is 1.79 bits per heavy atom. The number of rotatable bonds is 9. The van der Waals surface area contributed by atoms with Crippen molar-refractivity contribution in [2.45, 2.75) is 64.1 Å². The maximum Gasteiger partial charge on any atom is 0.261 e. The second-order valence-electron chi connectivity index (χ2n) is 8.28. The number of ether oxygens (including phenoxy) is 1. The SMILES string of the molecule is CC[C@@H](C(=O)NC1CCCCC1)N(Cc1ccc(Cl)c(Cl)c1)C(=O)COc1ccc(F)cc1. The molecule has 1 atom stereocenters.